The van der Waals surface area contributed by atoms with Gasteiger partial charge in [-0.05, 0) is 55.0 Å². The van der Waals surface area contributed by atoms with Crippen molar-refractivity contribution >= 4 is 55.9 Å². The minimum absolute atomic E-state index is 0.0616. The van der Waals surface area contributed by atoms with Gasteiger partial charge in [0, 0.05) is 72.2 Å². The van der Waals surface area contributed by atoms with Gasteiger partial charge in [-0.3, -0.25) is 14.4 Å². The summed E-state index contributed by atoms with van der Waals surface area (Å²) in [5.74, 6) is -1.12. The minimum atomic E-state index is -1.16. The summed E-state index contributed by atoms with van der Waals surface area (Å²) in [7, 11) is 0. The van der Waals surface area contributed by atoms with Crippen molar-refractivity contribution in [2.45, 2.75) is 59.9 Å². The zero-order valence-electron chi connectivity index (χ0n) is 25.4. The van der Waals surface area contributed by atoms with Crippen molar-refractivity contribution < 1.29 is 29.2 Å². The number of aryl methyl sites for hydroxylation is 1. The molecule has 4 aromatic carbocycles. The van der Waals surface area contributed by atoms with Crippen molar-refractivity contribution in [3.8, 4) is 0 Å². The summed E-state index contributed by atoms with van der Waals surface area (Å²) < 4.78 is 2.19. The monoisotopic (exact) mass is 593 g/mol. The standard InChI is InChI=1S/C35H35N3O6/c1-6-37-33-16-14-26(32(36-43-23(4)40)18-21(2)38(22(3)39)44-24(5)41)19-30(33)31-20-27(15-17-34(31)37)35(42)29-13-9-11-25-10-7-8-12-28(25)29/h7-17,19-21,23,40H,6,18H2,1-5H3/b36-32+. The second kappa shape index (κ2) is 12.7. The van der Waals surface area contributed by atoms with E-state index in [9.17, 15) is 19.5 Å². The summed E-state index contributed by atoms with van der Waals surface area (Å²) in [5, 5.41) is 18.7. The van der Waals surface area contributed by atoms with Gasteiger partial charge >= 0.3 is 5.97 Å². The number of hydroxylamine groups is 2. The van der Waals surface area contributed by atoms with E-state index in [0.717, 1.165) is 44.2 Å². The van der Waals surface area contributed by atoms with Gasteiger partial charge < -0.3 is 19.3 Å². The molecule has 9 heteroatoms. The molecule has 1 amide bonds. The maximum atomic E-state index is 13.8. The molecule has 0 aliphatic heterocycles. The second-order valence-corrected chi connectivity index (χ2v) is 10.8. The number of aliphatic hydroxyl groups excluding tert-OH is 1. The van der Waals surface area contributed by atoms with Crippen LogP contribution in [0.5, 0.6) is 0 Å². The average Bonchev–Trinajstić information content (AvgIpc) is 3.32. The molecule has 226 valence electrons. The number of benzene rings is 4. The molecule has 5 rings (SSSR count). The van der Waals surface area contributed by atoms with Gasteiger partial charge in [0.05, 0.1) is 11.8 Å². The number of hydrogen-bond acceptors (Lipinski definition) is 7. The lowest BCUT2D eigenvalue weighted by Gasteiger charge is -2.26. The number of rotatable bonds is 9. The van der Waals surface area contributed by atoms with E-state index in [4.69, 9.17) is 9.68 Å². The van der Waals surface area contributed by atoms with Gasteiger partial charge in [-0.25, -0.2) is 0 Å². The predicted molar refractivity (Wildman–Crippen MR) is 170 cm³/mol. The molecule has 0 aliphatic carbocycles. The number of amides is 1. The first-order chi connectivity index (χ1) is 21.1. The molecule has 5 aromatic rings. The highest BCUT2D eigenvalue weighted by atomic mass is 16.7. The van der Waals surface area contributed by atoms with Crippen LogP contribution in [0.2, 0.25) is 0 Å². The van der Waals surface area contributed by atoms with Crippen LogP contribution >= 0.6 is 0 Å². The SMILES string of the molecule is CCn1c2ccc(C(=O)c3cccc4ccccc34)cc2c2cc(/C(CC(C)N(OC(C)=O)C(C)=O)=N/OC(C)O)ccc21. The molecule has 0 saturated carbocycles. The maximum absolute atomic E-state index is 13.8. The lowest BCUT2D eigenvalue weighted by atomic mass is 9.96. The van der Waals surface area contributed by atoms with Crippen molar-refractivity contribution in [1.29, 1.82) is 0 Å². The Morgan fingerprint density at radius 3 is 2.14 bits per heavy atom. The van der Waals surface area contributed by atoms with Gasteiger partial charge in [-0.1, -0.05) is 53.7 Å². The molecule has 9 nitrogen and oxygen atoms in total. The van der Waals surface area contributed by atoms with E-state index < -0.39 is 24.2 Å². The van der Waals surface area contributed by atoms with Crippen LogP contribution < -0.4 is 0 Å². The third-order valence-electron chi connectivity index (χ3n) is 7.55. The van der Waals surface area contributed by atoms with E-state index in [2.05, 4.69) is 16.6 Å². The average molecular weight is 594 g/mol. The van der Waals surface area contributed by atoms with Crippen molar-refractivity contribution in [1.82, 2.24) is 9.63 Å². The van der Waals surface area contributed by atoms with Crippen LogP contribution in [0, 0.1) is 0 Å². The third kappa shape index (κ3) is 6.05. The highest BCUT2D eigenvalue weighted by Gasteiger charge is 2.24. The first kappa shape index (κ1) is 30.4. The number of hydrogen-bond donors (Lipinski definition) is 1. The first-order valence-corrected chi connectivity index (χ1v) is 14.6. The fraction of sp³-hybridized carbons (Fsp3) is 0.257. The molecular formula is C35H35N3O6. The molecule has 1 aromatic heterocycles. The molecule has 0 spiro atoms. The quantitative estimate of drug-likeness (QED) is 0.0921. The molecule has 0 radical (unpaired) electrons. The first-order valence-electron chi connectivity index (χ1n) is 14.6. The van der Waals surface area contributed by atoms with E-state index in [-0.39, 0.29) is 12.2 Å². The summed E-state index contributed by atoms with van der Waals surface area (Å²) in [6.07, 6.45) is -0.992. The maximum Gasteiger partial charge on any atom is 0.329 e. The Morgan fingerprint density at radius 1 is 0.864 bits per heavy atom. The molecule has 1 N–H and O–H groups in total. The van der Waals surface area contributed by atoms with Crippen LogP contribution in [0.25, 0.3) is 32.6 Å². The van der Waals surface area contributed by atoms with Gasteiger partial charge in [-0.15, -0.1) is 0 Å². The number of carbonyl (C=O) groups is 3. The normalized spacial score (nSPS) is 13.2. The topological polar surface area (TPSA) is 110 Å². The van der Waals surface area contributed by atoms with Crippen LogP contribution in [-0.2, 0) is 25.8 Å². The molecule has 44 heavy (non-hydrogen) atoms. The fourth-order valence-electron chi connectivity index (χ4n) is 5.66. The number of carbonyl (C=O) groups excluding carboxylic acids is 3. The van der Waals surface area contributed by atoms with E-state index >= 15 is 0 Å². The van der Waals surface area contributed by atoms with E-state index in [0.29, 0.717) is 22.4 Å². The van der Waals surface area contributed by atoms with E-state index in [1.54, 1.807) is 6.92 Å². The van der Waals surface area contributed by atoms with Crippen LogP contribution in [-0.4, -0.2) is 50.4 Å². The lowest BCUT2D eigenvalue weighted by Crippen LogP contribution is -2.39. The fourth-order valence-corrected chi connectivity index (χ4v) is 5.66. The van der Waals surface area contributed by atoms with E-state index in [1.807, 2.05) is 78.9 Å². The number of ketones is 1. The van der Waals surface area contributed by atoms with Gasteiger partial charge in [-0.2, -0.15) is 5.06 Å². The van der Waals surface area contributed by atoms with Crippen molar-refractivity contribution in [3.05, 3.63) is 95.6 Å². The number of oxime groups is 1. The summed E-state index contributed by atoms with van der Waals surface area (Å²) in [5.41, 5.74) is 4.32. The molecule has 1 heterocycles. The Kier molecular flexibility index (Phi) is 8.78. The van der Waals surface area contributed by atoms with Gasteiger partial charge in [0.1, 0.15) is 0 Å². The van der Waals surface area contributed by atoms with Crippen LogP contribution in [0.1, 0.15) is 62.5 Å². The highest BCUT2D eigenvalue weighted by molar-refractivity contribution is 6.19. The summed E-state index contributed by atoms with van der Waals surface area (Å²) in [6.45, 7) is 8.50. The molecule has 0 saturated heterocycles. The Morgan fingerprint density at radius 2 is 1.50 bits per heavy atom. The third-order valence-corrected chi connectivity index (χ3v) is 7.55. The number of nitrogens with zero attached hydrogens (tertiary/aromatic N) is 3. The zero-order valence-corrected chi connectivity index (χ0v) is 25.4. The summed E-state index contributed by atoms with van der Waals surface area (Å²) >= 11 is 0. The van der Waals surface area contributed by atoms with Crippen molar-refractivity contribution in [3.63, 3.8) is 0 Å². The largest absolute Gasteiger partial charge is 0.364 e. The molecule has 2 atom stereocenters. The summed E-state index contributed by atoms with van der Waals surface area (Å²) in [6, 6.07) is 24.6. The highest BCUT2D eigenvalue weighted by Crippen LogP contribution is 2.32. The van der Waals surface area contributed by atoms with E-state index in [1.165, 1.54) is 20.8 Å². The zero-order chi connectivity index (χ0) is 31.5. The van der Waals surface area contributed by atoms with Crippen molar-refractivity contribution in [2.24, 2.45) is 5.16 Å². The Bertz CT molecular complexity index is 1920. The number of fused-ring (bicyclic) bond motifs is 4. The Balaban J connectivity index is 1.61. The second-order valence-electron chi connectivity index (χ2n) is 10.8. The molecule has 2 unspecified atom stereocenters. The van der Waals surface area contributed by atoms with Gasteiger partial charge in [0.25, 0.3) is 5.91 Å². The van der Waals surface area contributed by atoms with Gasteiger partial charge in [0.2, 0.25) is 6.29 Å². The number of aromatic nitrogens is 1. The minimum Gasteiger partial charge on any atom is -0.364 e. The molecule has 0 bridgehead atoms. The Hall–Kier alpha value is -5.02. The molecule has 0 aliphatic rings. The smallest absolute Gasteiger partial charge is 0.329 e. The van der Waals surface area contributed by atoms with Crippen molar-refractivity contribution in [2.75, 3.05) is 0 Å². The van der Waals surface area contributed by atoms with Crippen LogP contribution in [0.3, 0.4) is 0 Å². The lowest BCUT2D eigenvalue weighted by molar-refractivity contribution is -0.202. The van der Waals surface area contributed by atoms with Gasteiger partial charge in [0.15, 0.2) is 5.78 Å². The molecular weight excluding hydrogens is 558 g/mol. The molecule has 0 fully saturated rings. The summed E-state index contributed by atoms with van der Waals surface area (Å²) in [4.78, 5) is 48.1. The van der Waals surface area contributed by atoms with Crippen LogP contribution in [0.4, 0.5) is 0 Å². The Labute approximate surface area is 255 Å². The predicted octanol–water partition coefficient (Wildman–Crippen LogP) is 6.36. The number of aliphatic hydroxyl groups is 1. The van der Waals surface area contributed by atoms with Crippen LogP contribution in [0.15, 0.2) is 84.0 Å².